The van der Waals surface area contributed by atoms with Gasteiger partial charge in [-0.2, -0.15) is 11.1 Å². The van der Waals surface area contributed by atoms with Crippen LogP contribution in [0, 0.1) is 0 Å². The molecule has 0 heterocycles. The van der Waals surface area contributed by atoms with Gasteiger partial charge in [0.1, 0.15) is 0 Å². The van der Waals surface area contributed by atoms with Crippen molar-refractivity contribution in [3.8, 4) is 0 Å². The van der Waals surface area contributed by atoms with Crippen molar-refractivity contribution >= 4 is 24.4 Å². The van der Waals surface area contributed by atoms with Gasteiger partial charge in [-0.05, 0) is 11.2 Å². The lowest BCUT2D eigenvalue weighted by atomic mass is 10.4. The van der Waals surface area contributed by atoms with E-state index in [2.05, 4.69) is 18.7 Å². The van der Waals surface area contributed by atoms with Gasteiger partial charge in [0.2, 0.25) is 0 Å². The van der Waals surface area contributed by atoms with Gasteiger partial charge in [-0.1, -0.05) is 50.7 Å². The third-order valence-corrected chi connectivity index (χ3v) is 3.32. The molecule has 0 radical (unpaired) electrons. The van der Waals surface area contributed by atoms with E-state index in [1.54, 1.807) is 0 Å². The molecule has 0 saturated heterocycles. The van der Waals surface area contributed by atoms with E-state index in [0.29, 0.717) is 6.04 Å². The Balaban J connectivity index is 0.000000310. The van der Waals surface area contributed by atoms with E-state index >= 15 is 0 Å². The van der Waals surface area contributed by atoms with Crippen LogP contribution in [0.5, 0.6) is 0 Å². The van der Waals surface area contributed by atoms with Crippen LogP contribution in [0.4, 0.5) is 0 Å². The van der Waals surface area contributed by atoms with E-state index < -0.39 is 8.11 Å². The molecule has 0 saturated carbocycles. The standard InChI is InChI=1S/C7H9ClSi.C3H9N/c1-9(8)7-5-3-2-4-6-7;1-3(2)4/h2-6,9H,1H3;3H,4H2,1-2H3. The van der Waals surface area contributed by atoms with Crippen molar-refractivity contribution in [3.05, 3.63) is 30.3 Å². The van der Waals surface area contributed by atoms with Crippen molar-refractivity contribution in [3.63, 3.8) is 0 Å². The summed E-state index contributed by atoms with van der Waals surface area (Å²) >= 11 is 5.94. The molecule has 1 nitrogen and oxygen atoms in total. The van der Waals surface area contributed by atoms with Crippen LogP contribution in [0.25, 0.3) is 0 Å². The lowest BCUT2D eigenvalue weighted by molar-refractivity contribution is 0.834. The zero-order valence-corrected chi connectivity index (χ0v) is 10.4. The van der Waals surface area contributed by atoms with Gasteiger partial charge in [-0.3, -0.25) is 0 Å². The minimum absolute atomic E-state index is 0.333. The summed E-state index contributed by atoms with van der Waals surface area (Å²) < 4.78 is 0. The zero-order valence-electron chi connectivity index (χ0n) is 8.50. The van der Waals surface area contributed by atoms with E-state index in [1.807, 2.05) is 32.0 Å². The summed E-state index contributed by atoms with van der Waals surface area (Å²) in [5.41, 5.74) is 5.11. The van der Waals surface area contributed by atoms with Gasteiger partial charge in [-0.25, -0.2) is 0 Å². The third-order valence-electron chi connectivity index (χ3n) is 1.26. The van der Waals surface area contributed by atoms with Crippen LogP contribution in [0.15, 0.2) is 30.3 Å². The molecule has 0 spiro atoms. The van der Waals surface area contributed by atoms with Gasteiger partial charge in [0.05, 0.1) is 0 Å². The van der Waals surface area contributed by atoms with E-state index in [0.717, 1.165) is 0 Å². The van der Waals surface area contributed by atoms with Gasteiger partial charge in [0.25, 0.3) is 0 Å². The van der Waals surface area contributed by atoms with Crippen LogP contribution < -0.4 is 10.9 Å². The predicted molar refractivity (Wildman–Crippen MR) is 64.3 cm³/mol. The number of hydrogen-bond donors (Lipinski definition) is 1. The summed E-state index contributed by atoms with van der Waals surface area (Å²) in [5, 5.41) is 1.32. The summed E-state index contributed by atoms with van der Waals surface area (Å²) in [6, 6.07) is 10.6. The van der Waals surface area contributed by atoms with Crippen molar-refractivity contribution in [2.75, 3.05) is 0 Å². The van der Waals surface area contributed by atoms with E-state index in [4.69, 9.17) is 16.8 Å². The Kier molecular flexibility index (Phi) is 6.95. The van der Waals surface area contributed by atoms with Crippen molar-refractivity contribution < 1.29 is 0 Å². The van der Waals surface area contributed by atoms with Crippen LogP contribution in [0.1, 0.15) is 13.8 Å². The molecule has 0 aliphatic carbocycles. The molecule has 1 atom stereocenters. The van der Waals surface area contributed by atoms with Crippen LogP contribution in [-0.2, 0) is 0 Å². The van der Waals surface area contributed by atoms with Gasteiger partial charge in [0, 0.05) is 0 Å². The van der Waals surface area contributed by atoms with Crippen molar-refractivity contribution in [1.82, 2.24) is 0 Å². The fourth-order valence-corrected chi connectivity index (χ4v) is 1.91. The van der Waals surface area contributed by atoms with Gasteiger partial charge < -0.3 is 5.73 Å². The Bertz CT molecular complexity index is 209. The molecule has 3 heteroatoms. The Morgan fingerprint density at radius 1 is 1.23 bits per heavy atom. The predicted octanol–water partition coefficient (Wildman–Crippen LogP) is 1.84. The number of rotatable bonds is 1. The molecule has 13 heavy (non-hydrogen) atoms. The molecule has 1 unspecified atom stereocenters. The van der Waals surface area contributed by atoms with Crippen molar-refractivity contribution in [2.24, 2.45) is 5.73 Å². The molecule has 0 bridgehead atoms. The fraction of sp³-hybridized carbons (Fsp3) is 0.400. The molecular weight excluding hydrogens is 198 g/mol. The highest BCUT2D eigenvalue weighted by Gasteiger charge is 1.98. The Morgan fingerprint density at radius 3 is 1.85 bits per heavy atom. The maximum Gasteiger partial charge on any atom is 0.168 e. The lowest BCUT2D eigenvalue weighted by Gasteiger charge is -1.97. The van der Waals surface area contributed by atoms with E-state index in [9.17, 15) is 0 Å². The molecule has 0 aliphatic heterocycles. The lowest BCUT2D eigenvalue weighted by Crippen LogP contribution is -2.18. The highest BCUT2D eigenvalue weighted by molar-refractivity contribution is 7.13. The number of nitrogens with two attached hydrogens (primary N) is 1. The first-order valence-corrected chi connectivity index (χ1v) is 7.96. The minimum Gasteiger partial charge on any atom is -0.328 e. The minimum atomic E-state index is -1.06. The molecule has 0 aliphatic rings. The maximum atomic E-state index is 5.94. The maximum absolute atomic E-state index is 5.94. The summed E-state index contributed by atoms with van der Waals surface area (Å²) in [5.74, 6) is 0. The molecular formula is C10H18ClNSi. The SMILES string of the molecule is CC(C)N.C[SiH](Cl)c1ccccc1. The summed E-state index contributed by atoms with van der Waals surface area (Å²) in [6.45, 7) is 6.00. The third kappa shape index (κ3) is 8.03. The number of halogens is 1. The van der Waals surface area contributed by atoms with Crippen LogP contribution in [0.3, 0.4) is 0 Å². The van der Waals surface area contributed by atoms with Crippen LogP contribution in [-0.4, -0.2) is 14.1 Å². The zero-order chi connectivity index (χ0) is 10.3. The number of hydrogen-bond acceptors (Lipinski definition) is 1. The Labute approximate surface area is 87.2 Å². The summed E-state index contributed by atoms with van der Waals surface area (Å²) in [4.78, 5) is 0. The second-order valence-electron chi connectivity index (χ2n) is 3.27. The van der Waals surface area contributed by atoms with Crippen LogP contribution >= 0.6 is 11.1 Å². The quantitative estimate of drug-likeness (QED) is 0.562. The van der Waals surface area contributed by atoms with E-state index in [-0.39, 0.29) is 0 Å². The monoisotopic (exact) mass is 215 g/mol. The summed E-state index contributed by atoms with van der Waals surface area (Å²) in [6.07, 6.45) is 0. The normalized spacial score (nSPS) is 11.8. The molecule has 1 aromatic carbocycles. The molecule has 74 valence electrons. The molecule has 0 fully saturated rings. The Morgan fingerprint density at radius 2 is 1.62 bits per heavy atom. The number of benzene rings is 1. The first-order chi connectivity index (χ1) is 6.04. The van der Waals surface area contributed by atoms with Crippen molar-refractivity contribution in [2.45, 2.75) is 26.4 Å². The van der Waals surface area contributed by atoms with E-state index in [1.165, 1.54) is 5.19 Å². The highest BCUT2D eigenvalue weighted by Crippen LogP contribution is 1.90. The van der Waals surface area contributed by atoms with Gasteiger partial charge >= 0.3 is 0 Å². The highest BCUT2D eigenvalue weighted by atomic mass is 35.6. The van der Waals surface area contributed by atoms with Gasteiger partial charge in [-0.15, -0.1) is 0 Å². The van der Waals surface area contributed by atoms with Crippen LogP contribution in [0.2, 0.25) is 6.55 Å². The first kappa shape index (κ1) is 12.7. The smallest absolute Gasteiger partial charge is 0.168 e. The second-order valence-corrected chi connectivity index (χ2v) is 7.13. The molecule has 2 N–H and O–H groups in total. The van der Waals surface area contributed by atoms with Crippen molar-refractivity contribution in [1.29, 1.82) is 0 Å². The topological polar surface area (TPSA) is 26.0 Å². The fourth-order valence-electron chi connectivity index (χ4n) is 0.718. The van der Waals surface area contributed by atoms with Gasteiger partial charge in [0.15, 0.2) is 8.11 Å². The molecule has 1 rings (SSSR count). The first-order valence-electron chi connectivity index (χ1n) is 4.48. The molecule has 0 amide bonds. The average molecular weight is 216 g/mol. The molecule has 1 aromatic rings. The largest absolute Gasteiger partial charge is 0.328 e. The summed E-state index contributed by atoms with van der Waals surface area (Å²) in [7, 11) is -1.06. The molecule has 0 aromatic heterocycles. The average Bonchev–Trinajstić information content (AvgIpc) is 2.05. The Hall–Kier alpha value is -0.313. The second kappa shape index (κ2) is 7.13.